The number of halogens is 1. The van der Waals surface area contributed by atoms with E-state index < -0.39 is 11.8 Å². The molecule has 1 aromatic rings. The molecule has 0 aliphatic carbocycles. The summed E-state index contributed by atoms with van der Waals surface area (Å²) in [5, 5.41) is 14.2. The van der Waals surface area contributed by atoms with Crippen molar-refractivity contribution in [2.75, 3.05) is 18.5 Å². The van der Waals surface area contributed by atoms with Gasteiger partial charge in [0.05, 0.1) is 17.4 Å². The van der Waals surface area contributed by atoms with Crippen LogP contribution in [-0.2, 0) is 14.3 Å². The van der Waals surface area contributed by atoms with Crippen LogP contribution in [0.1, 0.15) is 18.4 Å². The lowest BCUT2D eigenvalue weighted by atomic mass is 10.2. The highest BCUT2D eigenvalue weighted by atomic mass is 35.5. The second kappa shape index (κ2) is 7.07. The fourth-order valence-corrected chi connectivity index (χ4v) is 2.16. The molecule has 2 amide bonds. The normalized spacial score (nSPS) is 17.0. The van der Waals surface area contributed by atoms with Gasteiger partial charge in [-0.1, -0.05) is 11.6 Å². The molecule has 0 unspecified atom stereocenters. The van der Waals surface area contributed by atoms with Gasteiger partial charge in [0.2, 0.25) is 0 Å². The van der Waals surface area contributed by atoms with Crippen molar-refractivity contribution >= 4 is 29.1 Å². The van der Waals surface area contributed by atoms with Crippen LogP contribution in [0.15, 0.2) is 18.2 Å². The molecule has 1 aliphatic rings. The smallest absolute Gasteiger partial charge is 0.313 e. The summed E-state index contributed by atoms with van der Waals surface area (Å²) in [4.78, 5) is 23.5. The predicted molar refractivity (Wildman–Crippen MR) is 76.8 cm³/mol. The van der Waals surface area contributed by atoms with Crippen LogP contribution in [0, 0.1) is 11.3 Å². The lowest BCUT2D eigenvalue weighted by molar-refractivity contribution is -0.136. The Morgan fingerprint density at radius 3 is 2.90 bits per heavy atom. The number of carbonyl (C=O) groups is 2. The molecule has 1 aromatic carbocycles. The van der Waals surface area contributed by atoms with E-state index >= 15 is 0 Å². The first-order valence-corrected chi connectivity index (χ1v) is 6.88. The number of anilines is 1. The van der Waals surface area contributed by atoms with Crippen LogP contribution in [0.25, 0.3) is 0 Å². The molecule has 2 N–H and O–H groups in total. The highest BCUT2D eigenvalue weighted by molar-refractivity contribution is 6.40. The highest BCUT2D eigenvalue weighted by Gasteiger charge is 2.20. The van der Waals surface area contributed by atoms with Gasteiger partial charge < -0.3 is 15.4 Å². The molecule has 1 atom stereocenters. The summed E-state index contributed by atoms with van der Waals surface area (Å²) in [7, 11) is 0. The third-order valence-corrected chi connectivity index (χ3v) is 3.31. The minimum Gasteiger partial charge on any atom is -0.376 e. The first-order chi connectivity index (χ1) is 10.1. The standard InChI is InChI=1S/C14H14ClN3O3/c15-10-4-3-9(7-16)12(6-10)18-14(20)13(19)17-8-11-2-1-5-21-11/h3-4,6,11H,1-2,5,8H2,(H,17,19)(H,18,20)/t11-/m0/s1. The van der Waals surface area contributed by atoms with Gasteiger partial charge in [0, 0.05) is 18.2 Å². The monoisotopic (exact) mass is 307 g/mol. The van der Waals surface area contributed by atoms with Crippen molar-refractivity contribution in [1.82, 2.24) is 5.32 Å². The molecule has 21 heavy (non-hydrogen) atoms. The first-order valence-electron chi connectivity index (χ1n) is 6.50. The second-order valence-electron chi connectivity index (χ2n) is 4.60. The maximum absolute atomic E-state index is 11.8. The summed E-state index contributed by atoms with van der Waals surface area (Å²) < 4.78 is 5.35. The van der Waals surface area contributed by atoms with Crippen LogP contribution >= 0.6 is 11.6 Å². The molecular formula is C14H14ClN3O3. The molecule has 1 fully saturated rings. The number of carbonyl (C=O) groups excluding carboxylic acids is 2. The lowest BCUT2D eigenvalue weighted by Gasteiger charge is -2.11. The largest absolute Gasteiger partial charge is 0.376 e. The Morgan fingerprint density at radius 2 is 2.24 bits per heavy atom. The molecule has 2 rings (SSSR count). The van der Waals surface area contributed by atoms with Gasteiger partial charge >= 0.3 is 11.8 Å². The molecule has 7 heteroatoms. The number of hydrogen-bond donors (Lipinski definition) is 2. The Balaban J connectivity index is 1.92. The number of benzene rings is 1. The Hall–Kier alpha value is -2.10. The van der Waals surface area contributed by atoms with Crippen molar-refractivity contribution in [2.24, 2.45) is 0 Å². The third kappa shape index (κ3) is 4.18. The van der Waals surface area contributed by atoms with E-state index in [0.717, 1.165) is 12.8 Å². The van der Waals surface area contributed by atoms with Gasteiger partial charge in [0.25, 0.3) is 0 Å². The van der Waals surface area contributed by atoms with Crippen molar-refractivity contribution in [2.45, 2.75) is 18.9 Å². The van der Waals surface area contributed by atoms with E-state index in [1.165, 1.54) is 18.2 Å². The molecule has 1 heterocycles. The Morgan fingerprint density at radius 1 is 1.43 bits per heavy atom. The summed E-state index contributed by atoms with van der Waals surface area (Å²) >= 11 is 5.81. The zero-order valence-corrected chi connectivity index (χ0v) is 11.9. The van der Waals surface area contributed by atoms with Crippen LogP contribution < -0.4 is 10.6 Å². The minimum atomic E-state index is -0.841. The number of hydrogen-bond acceptors (Lipinski definition) is 4. The molecule has 0 saturated carbocycles. The zero-order chi connectivity index (χ0) is 15.2. The van der Waals surface area contributed by atoms with Crippen LogP contribution in [0.2, 0.25) is 5.02 Å². The summed E-state index contributed by atoms with van der Waals surface area (Å²) in [5.41, 5.74) is 0.446. The molecule has 0 aromatic heterocycles. The molecule has 110 valence electrons. The van der Waals surface area contributed by atoms with Crippen molar-refractivity contribution in [3.63, 3.8) is 0 Å². The maximum Gasteiger partial charge on any atom is 0.313 e. The zero-order valence-electron chi connectivity index (χ0n) is 11.2. The van der Waals surface area contributed by atoms with E-state index in [4.69, 9.17) is 21.6 Å². The lowest BCUT2D eigenvalue weighted by Crippen LogP contribution is -2.39. The van der Waals surface area contributed by atoms with E-state index in [-0.39, 0.29) is 17.4 Å². The molecule has 0 radical (unpaired) electrons. The van der Waals surface area contributed by atoms with Gasteiger partial charge in [0.15, 0.2) is 0 Å². The van der Waals surface area contributed by atoms with E-state index in [1.807, 2.05) is 6.07 Å². The summed E-state index contributed by atoms with van der Waals surface area (Å²) in [5.74, 6) is -1.61. The van der Waals surface area contributed by atoms with E-state index in [9.17, 15) is 9.59 Å². The number of amides is 2. The molecule has 0 spiro atoms. The van der Waals surface area contributed by atoms with Crippen LogP contribution in [-0.4, -0.2) is 31.1 Å². The second-order valence-corrected chi connectivity index (χ2v) is 5.04. The maximum atomic E-state index is 11.8. The van der Waals surface area contributed by atoms with Crippen LogP contribution in [0.3, 0.4) is 0 Å². The molecule has 0 bridgehead atoms. The molecular weight excluding hydrogens is 294 g/mol. The van der Waals surface area contributed by atoms with Gasteiger partial charge in [0.1, 0.15) is 6.07 Å². The molecule has 1 aliphatic heterocycles. The summed E-state index contributed by atoms with van der Waals surface area (Å²) in [6, 6.07) is 6.35. The SMILES string of the molecule is N#Cc1ccc(Cl)cc1NC(=O)C(=O)NC[C@@H]1CCCO1. The van der Waals surface area contributed by atoms with Crippen molar-refractivity contribution in [3.8, 4) is 6.07 Å². The number of ether oxygens (including phenoxy) is 1. The van der Waals surface area contributed by atoms with E-state index in [0.29, 0.717) is 18.2 Å². The molecule has 1 saturated heterocycles. The van der Waals surface area contributed by atoms with Gasteiger partial charge in [-0.05, 0) is 31.0 Å². The average Bonchev–Trinajstić information content (AvgIpc) is 2.98. The highest BCUT2D eigenvalue weighted by Crippen LogP contribution is 2.20. The Kier molecular flexibility index (Phi) is 5.14. The quantitative estimate of drug-likeness (QED) is 0.827. The molecule has 6 nitrogen and oxygen atoms in total. The predicted octanol–water partition coefficient (Wildman–Crippen LogP) is 1.45. The van der Waals surface area contributed by atoms with Gasteiger partial charge in [-0.2, -0.15) is 5.26 Å². The topological polar surface area (TPSA) is 91.2 Å². The number of nitrogens with one attached hydrogen (secondary N) is 2. The average molecular weight is 308 g/mol. The summed E-state index contributed by atoms with van der Waals surface area (Å²) in [6.07, 6.45) is 1.79. The number of nitrogens with zero attached hydrogens (tertiary/aromatic N) is 1. The van der Waals surface area contributed by atoms with Gasteiger partial charge in [-0.15, -0.1) is 0 Å². The number of rotatable bonds is 3. The first kappa shape index (κ1) is 15.3. The summed E-state index contributed by atoms with van der Waals surface area (Å²) in [6.45, 7) is 0.980. The number of nitriles is 1. The Bertz CT molecular complexity index is 592. The fourth-order valence-electron chi connectivity index (χ4n) is 1.99. The van der Waals surface area contributed by atoms with E-state index in [1.54, 1.807) is 0 Å². The minimum absolute atomic E-state index is 0.0393. The van der Waals surface area contributed by atoms with Crippen molar-refractivity contribution in [3.05, 3.63) is 28.8 Å². The fraction of sp³-hybridized carbons (Fsp3) is 0.357. The van der Waals surface area contributed by atoms with Crippen LogP contribution in [0.4, 0.5) is 5.69 Å². The van der Waals surface area contributed by atoms with Gasteiger partial charge in [-0.25, -0.2) is 0 Å². The third-order valence-electron chi connectivity index (χ3n) is 3.07. The van der Waals surface area contributed by atoms with Crippen molar-refractivity contribution in [1.29, 1.82) is 5.26 Å². The van der Waals surface area contributed by atoms with Crippen molar-refractivity contribution < 1.29 is 14.3 Å². The van der Waals surface area contributed by atoms with E-state index in [2.05, 4.69) is 10.6 Å². The van der Waals surface area contributed by atoms with Crippen LogP contribution in [0.5, 0.6) is 0 Å². The van der Waals surface area contributed by atoms with Gasteiger partial charge in [-0.3, -0.25) is 9.59 Å². The Labute approximate surface area is 127 Å².